The van der Waals surface area contributed by atoms with Crippen LogP contribution in [-0.2, 0) is 13.1 Å². The Kier molecular flexibility index (Phi) is 2.64. The molecular weight excluding hydrogens is 238 g/mol. The number of nitrogens with zero attached hydrogens (tertiary/aromatic N) is 2. The third-order valence-corrected chi connectivity index (χ3v) is 2.68. The zero-order chi connectivity index (χ0) is 12.5. The van der Waals surface area contributed by atoms with Gasteiger partial charge in [-0.2, -0.15) is 0 Å². The van der Waals surface area contributed by atoms with E-state index < -0.39 is 11.6 Å². The maximum absolute atomic E-state index is 13.0. The number of aromatic nitrogens is 2. The van der Waals surface area contributed by atoms with Gasteiger partial charge in [-0.1, -0.05) is 0 Å². The van der Waals surface area contributed by atoms with Gasteiger partial charge in [-0.15, -0.1) is 0 Å². The lowest BCUT2D eigenvalue weighted by atomic mass is 10.3. The fourth-order valence-electron chi connectivity index (χ4n) is 1.87. The number of anilines is 2. The second-order valence-corrected chi connectivity index (χ2v) is 4.05. The minimum atomic E-state index is -0.639. The van der Waals surface area contributed by atoms with Crippen LogP contribution < -0.4 is 10.6 Å². The van der Waals surface area contributed by atoms with Gasteiger partial charge in [0.1, 0.15) is 11.6 Å². The van der Waals surface area contributed by atoms with Crippen molar-refractivity contribution in [1.29, 1.82) is 0 Å². The molecule has 18 heavy (non-hydrogen) atoms. The third-order valence-electron chi connectivity index (χ3n) is 2.68. The average Bonchev–Trinajstić information content (AvgIpc) is 2.74. The lowest BCUT2D eigenvalue weighted by molar-refractivity contribution is 0.584. The minimum Gasteiger partial charge on any atom is -0.324 e. The predicted molar refractivity (Wildman–Crippen MR) is 62.2 cm³/mol. The van der Waals surface area contributed by atoms with Crippen LogP contribution in [0, 0.1) is 11.6 Å². The molecule has 92 valence electrons. The Balaban J connectivity index is 1.88. The molecule has 0 atom stereocenters. The number of rotatable bonds is 2. The summed E-state index contributed by atoms with van der Waals surface area (Å²) in [5.41, 5.74) is 2.24. The summed E-state index contributed by atoms with van der Waals surface area (Å²) < 4.78 is 26.0. The van der Waals surface area contributed by atoms with E-state index >= 15 is 0 Å². The molecule has 0 amide bonds. The van der Waals surface area contributed by atoms with Gasteiger partial charge in [0.25, 0.3) is 0 Å². The Hall–Kier alpha value is -2.08. The van der Waals surface area contributed by atoms with Gasteiger partial charge in [-0.25, -0.2) is 18.7 Å². The topological polar surface area (TPSA) is 49.8 Å². The molecule has 1 aromatic carbocycles. The van der Waals surface area contributed by atoms with E-state index in [2.05, 4.69) is 20.6 Å². The standard InChI is InChI=1S/C12H10F2N4/c13-8-1-9(14)3-10(2-8)17-12-16-5-7-4-15-6-11(7)18-12/h1-3,5,15H,4,6H2,(H,16,17,18). The smallest absolute Gasteiger partial charge is 0.227 e. The largest absolute Gasteiger partial charge is 0.324 e. The molecule has 0 saturated heterocycles. The first-order valence-electron chi connectivity index (χ1n) is 5.49. The Morgan fingerprint density at radius 3 is 2.67 bits per heavy atom. The Bertz CT molecular complexity index is 580. The van der Waals surface area contributed by atoms with E-state index in [-0.39, 0.29) is 0 Å². The zero-order valence-electron chi connectivity index (χ0n) is 9.37. The van der Waals surface area contributed by atoms with Gasteiger partial charge in [0, 0.05) is 36.6 Å². The van der Waals surface area contributed by atoms with E-state index in [9.17, 15) is 8.78 Å². The molecule has 1 aliphatic heterocycles. The maximum Gasteiger partial charge on any atom is 0.227 e. The number of hydrogen-bond donors (Lipinski definition) is 2. The summed E-state index contributed by atoms with van der Waals surface area (Å²) in [5, 5.41) is 5.93. The molecular formula is C12H10F2N4. The van der Waals surface area contributed by atoms with Gasteiger partial charge >= 0.3 is 0 Å². The van der Waals surface area contributed by atoms with Crippen molar-refractivity contribution in [3.63, 3.8) is 0 Å². The first kappa shape index (κ1) is 11.0. The first-order chi connectivity index (χ1) is 8.70. The van der Waals surface area contributed by atoms with E-state index in [0.29, 0.717) is 18.2 Å². The number of benzene rings is 1. The normalized spacial score (nSPS) is 13.4. The summed E-state index contributed by atoms with van der Waals surface area (Å²) >= 11 is 0. The molecule has 2 aromatic rings. The second kappa shape index (κ2) is 4.30. The van der Waals surface area contributed by atoms with Gasteiger partial charge in [-0.05, 0) is 12.1 Å². The molecule has 6 heteroatoms. The SMILES string of the molecule is Fc1cc(F)cc(Nc2ncc3c(n2)CNC3)c1. The van der Waals surface area contributed by atoms with Crippen LogP contribution in [0.15, 0.2) is 24.4 Å². The van der Waals surface area contributed by atoms with Gasteiger partial charge in [0.15, 0.2) is 0 Å². The van der Waals surface area contributed by atoms with Crippen LogP contribution in [-0.4, -0.2) is 9.97 Å². The van der Waals surface area contributed by atoms with Crippen molar-refractivity contribution in [2.75, 3.05) is 5.32 Å². The van der Waals surface area contributed by atoms with Crippen molar-refractivity contribution in [1.82, 2.24) is 15.3 Å². The number of nitrogens with one attached hydrogen (secondary N) is 2. The summed E-state index contributed by atoms with van der Waals surface area (Å²) in [6.07, 6.45) is 1.71. The quantitative estimate of drug-likeness (QED) is 0.854. The molecule has 2 N–H and O–H groups in total. The minimum absolute atomic E-state index is 0.290. The van der Waals surface area contributed by atoms with E-state index in [0.717, 1.165) is 23.9 Å². The molecule has 0 saturated carbocycles. The van der Waals surface area contributed by atoms with Crippen molar-refractivity contribution >= 4 is 11.6 Å². The highest BCUT2D eigenvalue weighted by Crippen LogP contribution is 2.18. The highest BCUT2D eigenvalue weighted by molar-refractivity contribution is 5.53. The number of fused-ring (bicyclic) bond motifs is 1. The zero-order valence-corrected chi connectivity index (χ0v) is 9.37. The summed E-state index contributed by atoms with van der Waals surface area (Å²) in [7, 11) is 0. The molecule has 1 aliphatic rings. The second-order valence-electron chi connectivity index (χ2n) is 4.05. The van der Waals surface area contributed by atoms with Gasteiger partial charge in [0.05, 0.1) is 5.69 Å². The number of halogens is 2. The molecule has 0 bridgehead atoms. The van der Waals surface area contributed by atoms with Crippen LogP contribution in [0.5, 0.6) is 0 Å². The van der Waals surface area contributed by atoms with Crippen LogP contribution >= 0.6 is 0 Å². The molecule has 2 heterocycles. The fraction of sp³-hybridized carbons (Fsp3) is 0.167. The Labute approximate surface area is 102 Å². The molecule has 1 aromatic heterocycles. The van der Waals surface area contributed by atoms with Crippen LogP contribution in [0.1, 0.15) is 11.3 Å². The maximum atomic E-state index is 13.0. The molecule has 0 fully saturated rings. The summed E-state index contributed by atoms with van der Waals surface area (Å²) in [5.74, 6) is -0.942. The summed E-state index contributed by atoms with van der Waals surface area (Å²) in [4.78, 5) is 8.38. The van der Waals surface area contributed by atoms with E-state index in [1.807, 2.05) is 0 Å². The summed E-state index contributed by atoms with van der Waals surface area (Å²) in [6, 6.07) is 3.20. The molecule has 0 unspecified atom stereocenters. The van der Waals surface area contributed by atoms with Crippen molar-refractivity contribution in [2.45, 2.75) is 13.1 Å². The van der Waals surface area contributed by atoms with Crippen molar-refractivity contribution < 1.29 is 8.78 Å². The highest BCUT2D eigenvalue weighted by Gasteiger charge is 2.13. The Morgan fingerprint density at radius 2 is 1.89 bits per heavy atom. The average molecular weight is 248 g/mol. The van der Waals surface area contributed by atoms with Crippen LogP contribution in [0.3, 0.4) is 0 Å². The van der Waals surface area contributed by atoms with Crippen LogP contribution in [0.4, 0.5) is 20.4 Å². The van der Waals surface area contributed by atoms with Crippen molar-refractivity contribution in [3.05, 3.63) is 47.3 Å². The molecule has 3 rings (SSSR count). The molecule has 0 radical (unpaired) electrons. The van der Waals surface area contributed by atoms with Crippen molar-refractivity contribution in [2.24, 2.45) is 0 Å². The van der Waals surface area contributed by atoms with E-state index in [1.165, 1.54) is 12.1 Å². The highest BCUT2D eigenvalue weighted by atomic mass is 19.1. The van der Waals surface area contributed by atoms with E-state index in [4.69, 9.17) is 0 Å². The molecule has 0 spiro atoms. The lowest BCUT2D eigenvalue weighted by Gasteiger charge is -2.06. The molecule has 0 aliphatic carbocycles. The van der Waals surface area contributed by atoms with Crippen LogP contribution in [0.25, 0.3) is 0 Å². The Morgan fingerprint density at radius 1 is 1.11 bits per heavy atom. The van der Waals surface area contributed by atoms with Gasteiger partial charge < -0.3 is 10.6 Å². The van der Waals surface area contributed by atoms with Crippen molar-refractivity contribution in [3.8, 4) is 0 Å². The summed E-state index contributed by atoms with van der Waals surface area (Å²) in [6.45, 7) is 1.44. The van der Waals surface area contributed by atoms with Crippen LogP contribution in [0.2, 0.25) is 0 Å². The van der Waals surface area contributed by atoms with Gasteiger partial charge in [0.2, 0.25) is 5.95 Å². The number of hydrogen-bond acceptors (Lipinski definition) is 4. The predicted octanol–water partition coefficient (Wildman–Crippen LogP) is 2.10. The van der Waals surface area contributed by atoms with Gasteiger partial charge in [-0.3, -0.25) is 0 Å². The monoisotopic (exact) mass is 248 g/mol. The fourth-order valence-corrected chi connectivity index (χ4v) is 1.87. The molecule has 4 nitrogen and oxygen atoms in total. The lowest BCUT2D eigenvalue weighted by Crippen LogP contribution is -2.02. The van der Waals surface area contributed by atoms with E-state index in [1.54, 1.807) is 6.20 Å². The first-order valence-corrected chi connectivity index (χ1v) is 5.49. The third kappa shape index (κ3) is 2.14.